The van der Waals surface area contributed by atoms with Gasteiger partial charge in [0.05, 0.1) is 5.92 Å². The second-order valence-electron chi connectivity index (χ2n) is 6.91. The highest BCUT2D eigenvalue weighted by atomic mass is 16.4. The van der Waals surface area contributed by atoms with E-state index in [1.165, 1.54) is 11.1 Å². The molecule has 2 rings (SSSR count). The molecule has 0 bridgehead atoms. The van der Waals surface area contributed by atoms with Crippen LogP contribution in [0, 0.1) is 5.92 Å². The largest absolute Gasteiger partial charge is 0.481 e. The third-order valence-corrected chi connectivity index (χ3v) is 4.76. The Balaban J connectivity index is 1.54. The van der Waals surface area contributed by atoms with Crippen LogP contribution in [0.4, 0.5) is 0 Å². The van der Waals surface area contributed by atoms with E-state index >= 15 is 0 Å². The minimum Gasteiger partial charge on any atom is -0.481 e. The van der Waals surface area contributed by atoms with Crippen LogP contribution in [0.25, 0.3) is 0 Å². The van der Waals surface area contributed by atoms with Gasteiger partial charge in [-0.1, -0.05) is 67.1 Å². The van der Waals surface area contributed by atoms with Crippen molar-refractivity contribution >= 4 is 5.97 Å². The van der Waals surface area contributed by atoms with Crippen molar-refractivity contribution < 1.29 is 9.90 Å². The Labute approximate surface area is 157 Å². The molecule has 0 aliphatic carbocycles. The van der Waals surface area contributed by atoms with Crippen LogP contribution in [-0.4, -0.2) is 24.2 Å². The summed E-state index contributed by atoms with van der Waals surface area (Å²) in [6, 6.07) is 20.9. The number of aryl methyl sites for hydroxylation is 2. The van der Waals surface area contributed by atoms with E-state index in [1.807, 2.05) is 12.1 Å². The summed E-state index contributed by atoms with van der Waals surface area (Å²) >= 11 is 0. The average Bonchev–Trinajstić information content (AvgIpc) is 2.67. The Morgan fingerprint density at radius 1 is 0.808 bits per heavy atom. The van der Waals surface area contributed by atoms with E-state index in [1.54, 1.807) is 0 Å². The molecule has 1 atom stereocenters. The maximum Gasteiger partial charge on any atom is 0.307 e. The molecule has 0 saturated carbocycles. The molecule has 2 aromatic rings. The van der Waals surface area contributed by atoms with Crippen LogP contribution in [0.3, 0.4) is 0 Å². The number of carbonyl (C=O) groups is 1. The van der Waals surface area contributed by atoms with Gasteiger partial charge in [-0.2, -0.15) is 0 Å². The van der Waals surface area contributed by atoms with Crippen molar-refractivity contribution in [3.8, 4) is 0 Å². The number of unbranched alkanes of at least 4 members (excludes halogenated alkanes) is 2. The van der Waals surface area contributed by atoms with Gasteiger partial charge in [0, 0.05) is 6.54 Å². The molecule has 3 heteroatoms. The number of rotatable bonds is 13. The lowest BCUT2D eigenvalue weighted by Gasteiger charge is -2.13. The van der Waals surface area contributed by atoms with Crippen molar-refractivity contribution in [3.63, 3.8) is 0 Å². The maximum atomic E-state index is 11.4. The summed E-state index contributed by atoms with van der Waals surface area (Å²) in [7, 11) is 0. The predicted octanol–water partition coefficient (Wildman–Crippen LogP) is 4.71. The summed E-state index contributed by atoms with van der Waals surface area (Å²) in [6.07, 6.45) is 7.08. The molecule has 0 aromatic heterocycles. The molecule has 3 nitrogen and oxygen atoms in total. The van der Waals surface area contributed by atoms with Gasteiger partial charge in [-0.05, 0) is 56.2 Å². The minimum absolute atomic E-state index is 0.278. The Hall–Kier alpha value is -2.13. The Bertz CT molecular complexity index is 613. The molecule has 26 heavy (non-hydrogen) atoms. The van der Waals surface area contributed by atoms with Gasteiger partial charge in [0.15, 0.2) is 0 Å². The van der Waals surface area contributed by atoms with E-state index in [4.69, 9.17) is 0 Å². The van der Waals surface area contributed by atoms with Crippen molar-refractivity contribution in [3.05, 3.63) is 71.8 Å². The fourth-order valence-electron chi connectivity index (χ4n) is 3.18. The highest BCUT2D eigenvalue weighted by Gasteiger charge is 2.16. The predicted molar refractivity (Wildman–Crippen MR) is 107 cm³/mol. The van der Waals surface area contributed by atoms with Gasteiger partial charge in [0.25, 0.3) is 0 Å². The van der Waals surface area contributed by atoms with Gasteiger partial charge in [0.1, 0.15) is 0 Å². The number of nitrogens with one attached hydrogen (secondary N) is 1. The van der Waals surface area contributed by atoms with Crippen LogP contribution in [0.5, 0.6) is 0 Å². The van der Waals surface area contributed by atoms with E-state index in [0.29, 0.717) is 6.54 Å². The lowest BCUT2D eigenvalue weighted by atomic mass is 9.99. The van der Waals surface area contributed by atoms with Crippen LogP contribution < -0.4 is 5.32 Å². The van der Waals surface area contributed by atoms with Crippen LogP contribution in [0.1, 0.15) is 43.2 Å². The second-order valence-corrected chi connectivity index (χ2v) is 6.91. The molecule has 0 radical (unpaired) electrons. The van der Waals surface area contributed by atoms with Crippen molar-refractivity contribution in [2.45, 2.75) is 44.9 Å². The number of hydrogen-bond acceptors (Lipinski definition) is 2. The molecule has 2 N–H and O–H groups in total. The quantitative estimate of drug-likeness (QED) is 0.513. The highest BCUT2D eigenvalue weighted by Crippen LogP contribution is 2.12. The lowest BCUT2D eigenvalue weighted by Crippen LogP contribution is -2.29. The number of benzene rings is 2. The summed E-state index contributed by atoms with van der Waals surface area (Å²) in [6.45, 7) is 1.46. The van der Waals surface area contributed by atoms with Gasteiger partial charge < -0.3 is 10.4 Å². The van der Waals surface area contributed by atoms with Crippen molar-refractivity contribution in [1.82, 2.24) is 5.32 Å². The van der Waals surface area contributed by atoms with Gasteiger partial charge in [0.2, 0.25) is 0 Å². The average molecular weight is 354 g/mol. The van der Waals surface area contributed by atoms with E-state index in [-0.39, 0.29) is 5.92 Å². The molecule has 0 fully saturated rings. The normalized spacial score (nSPS) is 12.0. The summed E-state index contributed by atoms with van der Waals surface area (Å²) in [5.41, 5.74) is 2.70. The topological polar surface area (TPSA) is 49.3 Å². The van der Waals surface area contributed by atoms with Gasteiger partial charge in [-0.3, -0.25) is 4.79 Å². The first-order valence-corrected chi connectivity index (χ1v) is 9.77. The first-order chi connectivity index (χ1) is 12.8. The highest BCUT2D eigenvalue weighted by molar-refractivity contribution is 5.70. The number of carboxylic acids is 1. The van der Waals surface area contributed by atoms with E-state index < -0.39 is 5.97 Å². The van der Waals surface area contributed by atoms with Crippen LogP contribution in [0.15, 0.2) is 60.7 Å². The summed E-state index contributed by atoms with van der Waals surface area (Å²) in [5.74, 6) is -0.957. The van der Waals surface area contributed by atoms with Crippen LogP contribution in [-0.2, 0) is 17.6 Å². The molecule has 1 unspecified atom stereocenters. The number of carboxylic acid groups (broad SMARTS) is 1. The molecule has 140 valence electrons. The molecule has 0 aliphatic heterocycles. The smallest absolute Gasteiger partial charge is 0.307 e. The van der Waals surface area contributed by atoms with E-state index in [9.17, 15) is 9.90 Å². The lowest BCUT2D eigenvalue weighted by molar-refractivity contribution is -0.141. The second kappa shape index (κ2) is 12.3. The number of hydrogen-bond donors (Lipinski definition) is 2. The zero-order valence-corrected chi connectivity index (χ0v) is 15.6. The van der Waals surface area contributed by atoms with Crippen molar-refractivity contribution in [1.29, 1.82) is 0 Å². The van der Waals surface area contributed by atoms with Crippen LogP contribution in [0.2, 0.25) is 0 Å². The van der Waals surface area contributed by atoms with Gasteiger partial charge in [-0.15, -0.1) is 0 Å². The maximum absolute atomic E-state index is 11.4. The van der Waals surface area contributed by atoms with Crippen LogP contribution >= 0.6 is 0 Å². The van der Waals surface area contributed by atoms with Gasteiger partial charge >= 0.3 is 5.97 Å². The standard InChI is InChI=1S/C23H31NO2/c25-23(26)22(17-8-7-15-20-11-3-1-4-12-20)19-24-18-10-9-16-21-13-5-2-6-14-21/h1-6,11-14,22,24H,7-10,15-19H2,(H,25,26). The van der Waals surface area contributed by atoms with Crippen molar-refractivity contribution in [2.24, 2.45) is 5.92 Å². The zero-order chi connectivity index (χ0) is 18.5. The van der Waals surface area contributed by atoms with Crippen molar-refractivity contribution in [2.75, 3.05) is 13.1 Å². The third-order valence-electron chi connectivity index (χ3n) is 4.76. The first-order valence-electron chi connectivity index (χ1n) is 9.77. The van der Waals surface area contributed by atoms with Gasteiger partial charge in [-0.25, -0.2) is 0 Å². The Kier molecular flexibility index (Phi) is 9.52. The monoisotopic (exact) mass is 353 g/mol. The Morgan fingerprint density at radius 3 is 1.88 bits per heavy atom. The summed E-state index contributed by atoms with van der Waals surface area (Å²) < 4.78 is 0. The Morgan fingerprint density at radius 2 is 1.35 bits per heavy atom. The molecule has 0 heterocycles. The molecular weight excluding hydrogens is 322 g/mol. The molecule has 0 aliphatic rings. The first kappa shape index (κ1) is 20.2. The zero-order valence-electron chi connectivity index (χ0n) is 15.6. The SMILES string of the molecule is O=C(O)C(CCCCc1ccccc1)CNCCCCc1ccccc1. The third kappa shape index (κ3) is 8.30. The number of aliphatic carboxylic acids is 1. The molecule has 2 aromatic carbocycles. The fourth-order valence-corrected chi connectivity index (χ4v) is 3.18. The van der Waals surface area contributed by atoms with E-state index in [2.05, 4.69) is 53.8 Å². The fraction of sp³-hybridized carbons (Fsp3) is 0.435. The molecule has 0 amide bonds. The minimum atomic E-state index is -0.679. The summed E-state index contributed by atoms with van der Waals surface area (Å²) in [5, 5.41) is 12.7. The molecule has 0 spiro atoms. The van der Waals surface area contributed by atoms with E-state index in [0.717, 1.165) is 51.5 Å². The molecular formula is C23H31NO2. The summed E-state index contributed by atoms with van der Waals surface area (Å²) in [4.78, 5) is 11.4. The molecule has 0 saturated heterocycles.